The van der Waals surface area contributed by atoms with Gasteiger partial charge >= 0.3 is 0 Å². The Morgan fingerprint density at radius 3 is 2.68 bits per heavy atom. The first-order valence-corrected chi connectivity index (χ1v) is 6.55. The lowest BCUT2D eigenvalue weighted by Crippen LogP contribution is -2.35. The number of hydrogen-bond acceptors (Lipinski definition) is 4. The van der Waals surface area contributed by atoms with Crippen LogP contribution in [0.15, 0.2) is 24.3 Å². The van der Waals surface area contributed by atoms with Crippen LogP contribution in [0.3, 0.4) is 0 Å². The third-order valence-electron chi connectivity index (χ3n) is 2.73. The lowest BCUT2D eigenvalue weighted by molar-refractivity contribution is -0.119. The third-order valence-corrected chi connectivity index (χ3v) is 2.73. The molecule has 4 N–H and O–H groups in total. The van der Waals surface area contributed by atoms with E-state index in [0.29, 0.717) is 19.7 Å². The molecule has 0 radical (unpaired) electrons. The molecule has 0 aliphatic rings. The highest BCUT2D eigenvalue weighted by Crippen LogP contribution is 2.13. The fraction of sp³-hybridized carbons (Fsp3) is 0.500. The normalized spacial score (nSPS) is 10.8. The molecule has 1 aromatic rings. The monoisotopic (exact) mass is 265 g/mol. The Kier molecular flexibility index (Phi) is 6.92. The van der Waals surface area contributed by atoms with E-state index in [1.807, 2.05) is 29.2 Å². The number of rotatable bonds is 9. The van der Waals surface area contributed by atoms with Gasteiger partial charge in [0.05, 0.1) is 13.2 Å². The third kappa shape index (κ3) is 6.22. The number of anilines is 1. The summed E-state index contributed by atoms with van der Waals surface area (Å²) in [6.07, 6.45) is 0.988. The largest absolute Gasteiger partial charge is 0.398 e. The van der Waals surface area contributed by atoms with Crippen molar-refractivity contribution in [3.63, 3.8) is 0 Å². The van der Waals surface area contributed by atoms with E-state index in [4.69, 9.17) is 16.2 Å². The van der Waals surface area contributed by atoms with Crippen LogP contribution >= 0.6 is 0 Å². The minimum Gasteiger partial charge on any atom is -0.398 e. The van der Waals surface area contributed by atoms with Crippen LogP contribution in [0.1, 0.15) is 18.9 Å². The quantitative estimate of drug-likeness (QED) is 0.515. The van der Waals surface area contributed by atoms with Gasteiger partial charge in [0.15, 0.2) is 0 Å². The van der Waals surface area contributed by atoms with Crippen molar-refractivity contribution in [1.29, 1.82) is 0 Å². The van der Waals surface area contributed by atoms with Gasteiger partial charge in [0.1, 0.15) is 0 Å². The summed E-state index contributed by atoms with van der Waals surface area (Å²) in [5.74, 6) is -0.343. The molecule has 1 amide bonds. The number of benzene rings is 1. The Labute approximate surface area is 114 Å². The summed E-state index contributed by atoms with van der Waals surface area (Å²) in [5, 5.41) is 0. The van der Waals surface area contributed by atoms with Crippen molar-refractivity contribution in [3.05, 3.63) is 29.8 Å². The lowest BCUT2D eigenvalue weighted by Gasteiger charge is -2.21. The zero-order valence-corrected chi connectivity index (χ0v) is 11.5. The Morgan fingerprint density at radius 1 is 1.32 bits per heavy atom. The van der Waals surface area contributed by atoms with E-state index >= 15 is 0 Å². The number of nitrogens with two attached hydrogens (primary N) is 2. The second-order valence-corrected chi connectivity index (χ2v) is 4.49. The number of amides is 1. The molecule has 5 heteroatoms. The molecule has 0 atom stereocenters. The summed E-state index contributed by atoms with van der Waals surface area (Å²) >= 11 is 0. The average molecular weight is 265 g/mol. The van der Waals surface area contributed by atoms with Crippen LogP contribution in [-0.4, -0.2) is 37.1 Å². The zero-order valence-electron chi connectivity index (χ0n) is 11.5. The van der Waals surface area contributed by atoms with Crippen molar-refractivity contribution in [1.82, 2.24) is 4.90 Å². The summed E-state index contributed by atoms with van der Waals surface area (Å²) in [5.41, 5.74) is 12.9. The molecule has 0 aromatic heterocycles. The molecule has 1 rings (SSSR count). The average Bonchev–Trinajstić information content (AvgIpc) is 2.36. The highest BCUT2D eigenvalue weighted by molar-refractivity contribution is 5.75. The highest BCUT2D eigenvalue weighted by atomic mass is 16.5. The van der Waals surface area contributed by atoms with Crippen molar-refractivity contribution in [2.45, 2.75) is 19.9 Å². The maximum Gasteiger partial charge on any atom is 0.231 e. The van der Waals surface area contributed by atoms with Crippen molar-refractivity contribution >= 4 is 11.6 Å². The van der Waals surface area contributed by atoms with E-state index in [9.17, 15) is 4.79 Å². The van der Waals surface area contributed by atoms with Gasteiger partial charge in [-0.3, -0.25) is 9.69 Å². The number of primary amides is 1. The fourth-order valence-electron chi connectivity index (χ4n) is 1.79. The van der Waals surface area contributed by atoms with Gasteiger partial charge in [0.25, 0.3) is 0 Å². The van der Waals surface area contributed by atoms with Crippen molar-refractivity contribution in [3.8, 4) is 0 Å². The molecule has 0 saturated heterocycles. The van der Waals surface area contributed by atoms with Crippen LogP contribution in [0.25, 0.3) is 0 Å². The van der Waals surface area contributed by atoms with Gasteiger partial charge in [-0.25, -0.2) is 0 Å². The zero-order chi connectivity index (χ0) is 14.1. The number of nitrogen functional groups attached to an aromatic ring is 1. The molecular weight excluding hydrogens is 242 g/mol. The van der Waals surface area contributed by atoms with E-state index < -0.39 is 0 Å². The van der Waals surface area contributed by atoms with Gasteiger partial charge in [0.2, 0.25) is 5.91 Å². The van der Waals surface area contributed by atoms with Crippen LogP contribution in [-0.2, 0) is 16.1 Å². The fourth-order valence-corrected chi connectivity index (χ4v) is 1.79. The standard InChI is InChI=1S/C14H23N3O2/c1-2-8-19-9-7-17(11-14(16)18)10-12-5-3-4-6-13(12)15/h3-6H,2,7-11,15H2,1H3,(H2,16,18). The molecule has 0 bridgehead atoms. The van der Waals surface area contributed by atoms with Crippen LogP contribution in [0.5, 0.6) is 0 Å². The molecule has 0 unspecified atom stereocenters. The Bertz CT molecular complexity index is 396. The predicted molar refractivity (Wildman–Crippen MR) is 76.4 cm³/mol. The Morgan fingerprint density at radius 2 is 2.05 bits per heavy atom. The van der Waals surface area contributed by atoms with Crippen LogP contribution in [0, 0.1) is 0 Å². The number of ether oxygens (including phenoxy) is 1. The maximum absolute atomic E-state index is 11.1. The minimum atomic E-state index is -0.343. The number of carbonyl (C=O) groups excluding carboxylic acids is 1. The Hall–Kier alpha value is -1.59. The van der Waals surface area contributed by atoms with Crippen LogP contribution in [0.2, 0.25) is 0 Å². The molecule has 19 heavy (non-hydrogen) atoms. The summed E-state index contributed by atoms with van der Waals surface area (Å²) in [6, 6.07) is 7.63. The smallest absolute Gasteiger partial charge is 0.231 e. The predicted octanol–water partition coefficient (Wildman–Crippen LogP) is 0.983. The number of para-hydroxylation sites is 1. The molecule has 0 saturated carbocycles. The highest BCUT2D eigenvalue weighted by Gasteiger charge is 2.10. The van der Waals surface area contributed by atoms with E-state index in [1.165, 1.54) is 0 Å². The van der Waals surface area contributed by atoms with Gasteiger partial charge in [0, 0.05) is 25.4 Å². The molecular formula is C14H23N3O2. The topological polar surface area (TPSA) is 81.6 Å². The van der Waals surface area contributed by atoms with Crippen LogP contribution < -0.4 is 11.5 Å². The van der Waals surface area contributed by atoms with Gasteiger partial charge < -0.3 is 16.2 Å². The van der Waals surface area contributed by atoms with Gasteiger partial charge in [-0.2, -0.15) is 0 Å². The van der Waals surface area contributed by atoms with Crippen molar-refractivity contribution in [2.75, 3.05) is 32.0 Å². The molecule has 106 valence electrons. The number of nitrogens with zero attached hydrogens (tertiary/aromatic N) is 1. The van der Waals surface area contributed by atoms with Gasteiger partial charge in [-0.1, -0.05) is 25.1 Å². The first-order valence-electron chi connectivity index (χ1n) is 6.55. The van der Waals surface area contributed by atoms with Crippen molar-refractivity contribution < 1.29 is 9.53 Å². The SMILES string of the molecule is CCCOCCN(CC(N)=O)Cc1ccccc1N. The maximum atomic E-state index is 11.1. The number of carbonyl (C=O) groups is 1. The molecule has 1 aromatic carbocycles. The Balaban J connectivity index is 2.53. The minimum absolute atomic E-state index is 0.212. The van der Waals surface area contributed by atoms with E-state index in [0.717, 1.165) is 24.3 Å². The van der Waals surface area contributed by atoms with Gasteiger partial charge in [-0.05, 0) is 18.1 Å². The summed E-state index contributed by atoms with van der Waals surface area (Å²) in [7, 11) is 0. The second-order valence-electron chi connectivity index (χ2n) is 4.49. The summed E-state index contributed by atoms with van der Waals surface area (Å²) in [4.78, 5) is 13.0. The second kappa shape index (κ2) is 8.50. The first kappa shape index (κ1) is 15.5. The molecule has 0 heterocycles. The van der Waals surface area contributed by atoms with E-state index in [-0.39, 0.29) is 12.5 Å². The molecule has 0 aliphatic heterocycles. The lowest BCUT2D eigenvalue weighted by atomic mass is 10.1. The van der Waals surface area contributed by atoms with E-state index in [1.54, 1.807) is 0 Å². The number of hydrogen-bond donors (Lipinski definition) is 2. The van der Waals surface area contributed by atoms with Gasteiger partial charge in [-0.15, -0.1) is 0 Å². The molecule has 0 fully saturated rings. The molecule has 0 spiro atoms. The first-order chi connectivity index (χ1) is 9.13. The summed E-state index contributed by atoms with van der Waals surface area (Å²) in [6.45, 7) is 4.86. The summed E-state index contributed by atoms with van der Waals surface area (Å²) < 4.78 is 5.44. The van der Waals surface area contributed by atoms with E-state index in [2.05, 4.69) is 6.92 Å². The molecule has 5 nitrogen and oxygen atoms in total. The van der Waals surface area contributed by atoms with Crippen LogP contribution in [0.4, 0.5) is 5.69 Å². The van der Waals surface area contributed by atoms with Crippen molar-refractivity contribution in [2.24, 2.45) is 5.73 Å². The molecule has 0 aliphatic carbocycles.